The molecule has 118 valence electrons. The van der Waals surface area contributed by atoms with Crippen molar-refractivity contribution in [2.75, 3.05) is 25.9 Å². The molecule has 1 aromatic rings. The molecule has 0 bridgehead atoms. The smallest absolute Gasteiger partial charge is 0.191 e. The Morgan fingerprint density at radius 1 is 1.33 bits per heavy atom. The summed E-state index contributed by atoms with van der Waals surface area (Å²) in [6, 6.07) is 4.18. The van der Waals surface area contributed by atoms with Gasteiger partial charge < -0.3 is 10.6 Å². The van der Waals surface area contributed by atoms with Crippen LogP contribution in [0, 0.1) is 6.92 Å². The van der Waals surface area contributed by atoms with Gasteiger partial charge in [-0.3, -0.25) is 9.98 Å². The molecule has 1 aromatic heterocycles. The largest absolute Gasteiger partial charge is 0.357 e. The first-order valence-corrected chi connectivity index (χ1v) is 8.68. The standard InChI is InChI=1S/C16H28N4S/c1-6-17-15(20-12-16(3,4)21-5)18-10-9-14-8-7-13(2)19-11-14/h7-8,11H,6,9-10,12H2,1-5H3,(H2,17,18,20). The first-order valence-electron chi connectivity index (χ1n) is 7.45. The quantitative estimate of drug-likeness (QED) is 0.600. The topological polar surface area (TPSA) is 49.3 Å². The van der Waals surface area contributed by atoms with Gasteiger partial charge in [-0.05, 0) is 52.0 Å². The molecule has 0 amide bonds. The van der Waals surface area contributed by atoms with Crippen LogP contribution < -0.4 is 10.6 Å². The molecule has 0 saturated heterocycles. The Balaban J connectivity index is 2.47. The summed E-state index contributed by atoms with van der Waals surface area (Å²) in [5.41, 5.74) is 2.30. The van der Waals surface area contributed by atoms with Gasteiger partial charge in [-0.2, -0.15) is 11.8 Å². The summed E-state index contributed by atoms with van der Waals surface area (Å²) in [6.45, 7) is 11.0. The maximum absolute atomic E-state index is 4.66. The Labute approximate surface area is 133 Å². The normalized spacial score (nSPS) is 12.3. The third-order valence-corrected chi connectivity index (χ3v) is 4.43. The first kappa shape index (κ1) is 17.8. The number of hydrogen-bond acceptors (Lipinski definition) is 3. The molecule has 21 heavy (non-hydrogen) atoms. The third-order valence-electron chi connectivity index (χ3n) is 3.19. The van der Waals surface area contributed by atoms with Crippen molar-refractivity contribution < 1.29 is 0 Å². The summed E-state index contributed by atoms with van der Waals surface area (Å²) in [5.74, 6) is 0.889. The fourth-order valence-corrected chi connectivity index (χ4v) is 1.84. The summed E-state index contributed by atoms with van der Waals surface area (Å²) < 4.78 is 0.170. The predicted octanol–water partition coefficient (Wildman–Crippen LogP) is 2.63. The van der Waals surface area contributed by atoms with Crippen molar-refractivity contribution in [2.45, 2.75) is 38.9 Å². The summed E-state index contributed by atoms with van der Waals surface area (Å²) in [4.78, 5) is 8.98. The molecule has 0 saturated carbocycles. The summed E-state index contributed by atoms with van der Waals surface area (Å²) in [7, 11) is 0. The number of nitrogens with zero attached hydrogens (tertiary/aromatic N) is 2. The van der Waals surface area contributed by atoms with E-state index in [2.05, 4.69) is 59.8 Å². The lowest BCUT2D eigenvalue weighted by Gasteiger charge is -2.20. The fraction of sp³-hybridized carbons (Fsp3) is 0.625. The number of hydrogen-bond donors (Lipinski definition) is 2. The van der Waals surface area contributed by atoms with Gasteiger partial charge in [0.1, 0.15) is 0 Å². The lowest BCUT2D eigenvalue weighted by Crippen LogP contribution is -2.39. The molecule has 2 N–H and O–H groups in total. The highest BCUT2D eigenvalue weighted by Crippen LogP contribution is 2.20. The minimum Gasteiger partial charge on any atom is -0.357 e. The number of pyridine rings is 1. The van der Waals surface area contributed by atoms with Crippen LogP contribution in [0.1, 0.15) is 32.0 Å². The molecule has 0 atom stereocenters. The molecule has 0 spiro atoms. The number of aryl methyl sites for hydroxylation is 1. The second-order valence-electron chi connectivity index (χ2n) is 5.64. The van der Waals surface area contributed by atoms with Crippen LogP contribution in [0.15, 0.2) is 23.3 Å². The summed E-state index contributed by atoms with van der Waals surface area (Å²) in [6.07, 6.45) is 5.02. The Morgan fingerprint density at radius 2 is 2.10 bits per heavy atom. The van der Waals surface area contributed by atoms with E-state index >= 15 is 0 Å². The zero-order chi connectivity index (χ0) is 15.7. The van der Waals surface area contributed by atoms with Crippen molar-refractivity contribution in [3.05, 3.63) is 29.6 Å². The van der Waals surface area contributed by atoms with Crippen molar-refractivity contribution in [1.82, 2.24) is 15.6 Å². The number of thioether (sulfide) groups is 1. The highest BCUT2D eigenvalue weighted by Gasteiger charge is 2.15. The highest BCUT2D eigenvalue weighted by atomic mass is 32.2. The van der Waals surface area contributed by atoms with Crippen LogP contribution >= 0.6 is 11.8 Å². The van der Waals surface area contributed by atoms with E-state index in [-0.39, 0.29) is 4.75 Å². The van der Waals surface area contributed by atoms with Crippen LogP contribution in [-0.2, 0) is 6.42 Å². The minimum atomic E-state index is 0.170. The van der Waals surface area contributed by atoms with Crippen molar-refractivity contribution in [1.29, 1.82) is 0 Å². The molecule has 0 aliphatic rings. The third kappa shape index (κ3) is 7.37. The van der Waals surface area contributed by atoms with Crippen molar-refractivity contribution >= 4 is 17.7 Å². The van der Waals surface area contributed by atoms with E-state index in [1.54, 1.807) is 0 Å². The Bertz CT molecular complexity index is 440. The number of aliphatic imine (C=N–C) groups is 1. The molecule has 0 aromatic carbocycles. The van der Waals surface area contributed by atoms with Crippen molar-refractivity contribution in [2.24, 2.45) is 4.99 Å². The van der Waals surface area contributed by atoms with E-state index < -0.39 is 0 Å². The number of aromatic nitrogens is 1. The second kappa shape index (κ2) is 8.93. The fourth-order valence-electron chi connectivity index (χ4n) is 1.65. The molecule has 0 aliphatic carbocycles. The van der Waals surface area contributed by atoms with Crippen LogP contribution in [-0.4, -0.2) is 41.6 Å². The SMILES string of the molecule is CCNC(=NCC(C)(C)SC)NCCc1ccc(C)nc1. The maximum atomic E-state index is 4.66. The predicted molar refractivity (Wildman–Crippen MR) is 94.3 cm³/mol. The van der Waals surface area contributed by atoms with Crippen LogP contribution in [0.3, 0.4) is 0 Å². The summed E-state index contributed by atoms with van der Waals surface area (Å²) >= 11 is 1.84. The zero-order valence-electron chi connectivity index (χ0n) is 13.9. The van der Waals surface area contributed by atoms with E-state index in [9.17, 15) is 0 Å². The van der Waals surface area contributed by atoms with Gasteiger partial charge in [0.05, 0.1) is 6.54 Å². The Kier molecular flexibility index (Phi) is 7.57. The van der Waals surface area contributed by atoms with Gasteiger partial charge in [-0.15, -0.1) is 0 Å². The lowest BCUT2D eigenvalue weighted by molar-refractivity contribution is 0.710. The van der Waals surface area contributed by atoms with Crippen LogP contribution in [0.5, 0.6) is 0 Å². The van der Waals surface area contributed by atoms with Crippen LogP contribution in [0.25, 0.3) is 0 Å². The summed E-state index contributed by atoms with van der Waals surface area (Å²) in [5, 5.41) is 6.67. The van der Waals surface area contributed by atoms with Gasteiger partial charge in [-0.1, -0.05) is 6.07 Å². The molecule has 1 heterocycles. The maximum Gasteiger partial charge on any atom is 0.191 e. The molecule has 0 fully saturated rings. The van der Waals surface area contributed by atoms with Gasteiger partial charge >= 0.3 is 0 Å². The molecular formula is C16H28N4S. The van der Waals surface area contributed by atoms with Gasteiger partial charge in [0.25, 0.3) is 0 Å². The van der Waals surface area contributed by atoms with Gasteiger partial charge in [0.15, 0.2) is 5.96 Å². The first-order chi connectivity index (χ1) is 9.96. The molecule has 0 aliphatic heterocycles. The Morgan fingerprint density at radius 3 is 2.67 bits per heavy atom. The molecule has 4 nitrogen and oxygen atoms in total. The molecule has 0 radical (unpaired) electrons. The van der Waals surface area contributed by atoms with E-state index in [4.69, 9.17) is 0 Å². The van der Waals surface area contributed by atoms with E-state index in [0.717, 1.165) is 37.7 Å². The monoisotopic (exact) mass is 308 g/mol. The van der Waals surface area contributed by atoms with Crippen LogP contribution in [0.2, 0.25) is 0 Å². The minimum absolute atomic E-state index is 0.170. The van der Waals surface area contributed by atoms with Gasteiger partial charge in [0, 0.05) is 29.7 Å². The second-order valence-corrected chi connectivity index (χ2v) is 7.16. The van der Waals surface area contributed by atoms with Crippen LogP contribution in [0.4, 0.5) is 0 Å². The van der Waals surface area contributed by atoms with E-state index in [1.807, 2.05) is 24.9 Å². The average Bonchev–Trinajstić information content (AvgIpc) is 2.47. The lowest BCUT2D eigenvalue weighted by atomic mass is 10.2. The molecule has 5 heteroatoms. The van der Waals surface area contributed by atoms with Gasteiger partial charge in [-0.25, -0.2) is 0 Å². The van der Waals surface area contributed by atoms with Crippen molar-refractivity contribution in [3.8, 4) is 0 Å². The average molecular weight is 308 g/mol. The van der Waals surface area contributed by atoms with Gasteiger partial charge in [0.2, 0.25) is 0 Å². The Hall–Kier alpha value is -1.23. The van der Waals surface area contributed by atoms with E-state index in [1.165, 1.54) is 5.56 Å². The van der Waals surface area contributed by atoms with Crippen molar-refractivity contribution in [3.63, 3.8) is 0 Å². The molecule has 1 rings (SSSR count). The highest BCUT2D eigenvalue weighted by molar-refractivity contribution is 7.99. The zero-order valence-corrected chi connectivity index (χ0v) is 14.7. The number of rotatable bonds is 7. The molecular weight excluding hydrogens is 280 g/mol. The number of guanidine groups is 1. The molecule has 0 unspecified atom stereocenters. The number of nitrogens with one attached hydrogen (secondary N) is 2. The van der Waals surface area contributed by atoms with E-state index in [0.29, 0.717) is 0 Å².